The molecule has 1 aromatic carbocycles. The first-order valence-electron chi connectivity index (χ1n) is 7.13. The molecule has 1 saturated heterocycles. The van der Waals surface area contributed by atoms with Crippen LogP contribution in [0.15, 0.2) is 24.3 Å². The van der Waals surface area contributed by atoms with Gasteiger partial charge in [0.2, 0.25) is 11.8 Å². The Morgan fingerprint density at radius 1 is 1.43 bits per heavy atom. The molecule has 21 heavy (non-hydrogen) atoms. The average Bonchev–Trinajstić information content (AvgIpc) is 2.49. The molecular weight excluding hydrogens is 270 g/mol. The lowest BCUT2D eigenvalue weighted by Gasteiger charge is -2.25. The summed E-state index contributed by atoms with van der Waals surface area (Å²) in [6.45, 7) is 4.99. The van der Waals surface area contributed by atoms with E-state index in [-0.39, 0.29) is 30.4 Å². The molecule has 0 aromatic heterocycles. The van der Waals surface area contributed by atoms with Crippen LogP contribution in [-0.4, -0.2) is 37.6 Å². The molecule has 2 unspecified atom stereocenters. The summed E-state index contributed by atoms with van der Waals surface area (Å²) >= 11 is 0. The van der Waals surface area contributed by atoms with E-state index in [9.17, 15) is 9.59 Å². The van der Waals surface area contributed by atoms with Crippen molar-refractivity contribution in [3.05, 3.63) is 29.8 Å². The highest BCUT2D eigenvalue weighted by Crippen LogP contribution is 2.17. The molecule has 0 aliphatic carbocycles. The second-order valence-corrected chi connectivity index (χ2v) is 4.97. The third kappa shape index (κ3) is 4.19. The molecule has 1 aliphatic heterocycles. The summed E-state index contributed by atoms with van der Waals surface area (Å²) < 4.78 is 5.39. The zero-order valence-corrected chi connectivity index (χ0v) is 12.3. The van der Waals surface area contributed by atoms with Crippen LogP contribution in [0.2, 0.25) is 0 Å². The van der Waals surface area contributed by atoms with Crippen molar-refractivity contribution in [3.8, 4) is 5.75 Å². The molecule has 1 fully saturated rings. The molecule has 6 heteroatoms. The summed E-state index contributed by atoms with van der Waals surface area (Å²) in [6, 6.07) is 7.17. The predicted octanol–water partition coefficient (Wildman–Crippen LogP) is 0.351. The smallest absolute Gasteiger partial charge is 0.239 e. The Morgan fingerprint density at radius 3 is 2.71 bits per heavy atom. The summed E-state index contributed by atoms with van der Waals surface area (Å²) in [4.78, 5) is 23.2. The van der Waals surface area contributed by atoms with Gasteiger partial charge in [0.1, 0.15) is 11.8 Å². The van der Waals surface area contributed by atoms with Gasteiger partial charge in [-0.2, -0.15) is 0 Å². The van der Waals surface area contributed by atoms with Crippen LogP contribution >= 0.6 is 0 Å². The topological polar surface area (TPSA) is 79.5 Å². The van der Waals surface area contributed by atoms with Crippen LogP contribution in [0.3, 0.4) is 0 Å². The van der Waals surface area contributed by atoms with Crippen molar-refractivity contribution in [2.45, 2.75) is 25.9 Å². The molecule has 0 spiro atoms. The maximum absolute atomic E-state index is 12.1. The monoisotopic (exact) mass is 291 g/mol. The third-order valence-electron chi connectivity index (χ3n) is 3.38. The lowest BCUT2D eigenvalue weighted by molar-refractivity contribution is -0.127. The molecule has 2 amide bonds. The van der Waals surface area contributed by atoms with E-state index in [1.54, 1.807) is 0 Å². The zero-order chi connectivity index (χ0) is 15.2. The third-order valence-corrected chi connectivity index (χ3v) is 3.38. The summed E-state index contributed by atoms with van der Waals surface area (Å²) in [5, 5.41) is 8.51. The van der Waals surface area contributed by atoms with E-state index in [0.29, 0.717) is 13.2 Å². The predicted molar refractivity (Wildman–Crippen MR) is 79.0 cm³/mol. The van der Waals surface area contributed by atoms with Gasteiger partial charge in [0.15, 0.2) is 0 Å². The lowest BCUT2D eigenvalue weighted by atomic mass is 10.1. The van der Waals surface area contributed by atoms with E-state index >= 15 is 0 Å². The van der Waals surface area contributed by atoms with Gasteiger partial charge in [0.25, 0.3) is 0 Å². The highest BCUT2D eigenvalue weighted by Gasteiger charge is 2.24. The molecule has 3 N–H and O–H groups in total. The fourth-order valence-electron chi connectivity index (χ4n) is 2.17. The van der Waals surface area contributed by atoms with Crippen molar-refractivity contribution >= 4 is 11.8 Å². The highest BCUT2D eigenvalue weighted by atomic mass is 16.5. The number of ether oxygens (including phenoxy) is 1. The van der Waals surface area contributed by atoms with Gasteiger partial charge < -0.3 is 15.4 Å². The minimum atomic E-state index is -0.382. The van der Waals surface area contributed by atoms with Crippen molar-refractivity contribution in [3.63, 3.8) is 0 Å². The molecule has 114 valence electrons. The van der Waals surface area contributed by atoms with Crippen molar-refractivity contribution < 1.29 is 14.3 Å². The van der Waals surface area contributed by atoms with E-state index in [0.717, 1.165) is 11.3 Å². The number of piperazine rings is 1. The molecule has 1 aliphatic rings. The molecule has 0 radical (unpaired) electrons. The fourth-order valence-corrected chi connectivity index (χ4v) is 2.17. The minimum absolute atomic E-state index is 0.0846. The number of rotatable bonds is 5. The summed E-state index contributed by atoms with van der Waals surface area (Å²) in [5.74, 6) is 0.617. The number of amides is 2. The van der Waals surface area contributed by atoms with Crippen LogP contribution in [0.1, 0.15) is 25.5 Å². The summed E-state index contributed by atoms with van der Waals surface area (Å²) in [7, 11) is 0. The van der Waals surface area contributed by atoms with Gasteiger partial charge in [0.05, 0.1) is 19.2 Å². The van der Waals surface area contributed by atoms with Crippen LogP contribution in [0.5, 0.6) is 5.75 Å². The SMILES string of the molecule is CCOc1ccc(C(C)NC(=O)C2CNC(=O)CN2)cc1. The Hall–Kier alpha value is -2.08. The number of hydrogen-bond donors (Lipinski definition) is 3. The molecule has 0 bridgehead atoms. The molecule has 1 heterocycles. The first-order valence-corrected chi connectivity index (χ1v) is 7.13. The second-order valence-electron chi connectivity index (χ2n) is 4.97. The Morgan fingerprint density at radius 2 is 2.14 bits per heavy atom. The number of nitrogens with one attached hydrogen (secondary N) is 3. The number of hydrogen-bond acceptors (Lipinski definition) is 4. The zero-order valence-electron chi connectivity index (χ0n) is 12.3. The quantitative estimate of drug-likeness (QED) is 0.731. The number of carbonyl (C=O) groups excluding carboxylic acids is 2. The molecule has 2 rings (SSSR count). The largest absolute Gasteiger partial charge is 0.494 e. The number of carbonyl (C=O) groups is 2. The highest BCUT2D eigenvalue weighted by molar-refractivity contribution is 5.86. The minimum Gasteiger partial charge on any atom is -0.494 e. The van der Waals surface area contributed by atoms with E-state index in [2.05, 4.69) is 16.0 Å². The van der Waals surface area contributed by atoms with Gasteiger partial charge in [0, 0.05) is 6.54 Å². The normalized spacial score (nSPS) is 19.5. The van der Waals surface area contributed by atoms with Crippen LogP contribution in [-0.2, 0) is 9.59 Å². The molecule has 1 aromatic rings. The van der Waals surface area contributed by atoms with Crippen molar-refractivity contribution in [2.75, 3.05) is 19.7 Å². The van der Waals surface area contributed by atoms with E-state index in [4.69, 9.17) is 4.74 Å². The van der Waals surface area contributed by atoms with Crippen LogP contribution in [0, 0.1) is 0 Å². The standard InChI is InChI=1S/C15H21N3O3/c1-3-21-12-6-4-11(5-7-12)10(2)18-15(20)13-8-17-14(19)9-16-13/h4-7,10,13,16H,3,8-9H2,1-2H3,(H,17,19)(H,18,20). The first kappa shape index (κ1) is 15.3. The van der Waals surface area contributed by atoms with Gasteiger partial charge in [-0.3, -0.25) is 14.9 Å². The fraction of sp³-hybridized carbons (Fsp3) is 0.467. The van der Waals surface area contributed by atoms with Gasteiger partial charge >= 0.3 is 0 Å². The second kappa shape index (κ2) is 7.08. The summed E-state index contributed by atoms with van der Waals surface area (Å²) in [5.41, 5.74) is 1.01. The van der Waals surface area contributed by atoms with Gasteiger partial charge in [-0.05, 0) is 31.5 Å². The van der Waals surface area contributed by atoms with E-state index in [1.807, 2.05) is 38.1 Å². The maximum atomic E-state index is 12.1. The van der Waals surface area contributed by atoms with Gasteiger partial charge in [-0.1, -0.05) is 12.1 Å². The Labute approximate surface area is 124 Å². The van der Waals surface area contributed by atoms with Crippen molar-refractivity contribution in [1.82, 2.24) is 16.0 Å². The van der Waals surface area contributed by atoms with Crippen molar-refractivity contribution in [2.24, 2.45) is 0 Å². The molecule has 0 saturated carbocycles. The number of benzene rings is 1. The lowest BCUT2D eigenvalue weighted by Crippen LogP contribution is -2.58. The van der Waals surface area contributed by atoms with Crippen LogP contribution < -0.4 is 20.7 Å². The Kier molecular flexibility index (Phi) is 5.16. The Bertz CT molecular complexity index is 491. The molecule has 2 atom stereocenters. The van der Waals surface area contributed by atoms with Gasteiger partial charge in [-0.15, -0.1) is 0 Å². The van der Waals surface area contributed by atoms with Gasteiger partial charge in [-0.25, -0.2) is 0 Å². The first-order chi connectivity index (χ1) is 10.1. The average molecular weight is 291 g/mol. The Balaban J connectivity index is 1.89. The molecule has 6 nitrogen and oxygen atoms in total. The molecular formula is C15H21N3O3. The maximum Gasteiger partial charge on any atom is 0.239 e. The van der Waals surface area contributed by atoms with Crippen LogP contribution in [0.4, 0.5) is 0 Å². The van der Waals surface area contributed by atoms with Crippen LogP contribution in [0.25, 0.3) is 0 Å². The van der Waals surface area contributed by atoms with E-state index < -0.39 is 0 Å². The van der Waals surface area contributed by atoms with E-state index in [1.165, 1.54) is 0 Å². The summed E-state index contributed by atoms with van der Waals surface area (Å²) in [6.07, 6.45) is 0. The van der Waals surface area contributed by atoms with Crippen molar-refractivity contribution in [1.29, 1.82) is 0 Å².